The van der Waals surface area contributed by atoms with E-state index in [1.807, 2.05) is 0 Å². The summed E-state index contributed by atoms with van der Waals surface area (Å²) in [6.07, 6.45) is 12.8. The molecule has 0 atom stereocenters. The number of benzene rings is 4. The lowest BCUT2D eigenvalue weighted by Crippen LogP contribution is -1.91. The Balaban J connectivity index is 1.21. The Morgan fingerprint density at radius 1 is 0.468 bits per heavy atom. The monoisotopic (exact) mass is 608 g/mol. The average Bonchev–Trinajstić information content (AvgIpc) is 3.96. The maximum atomic E-state index is 5.34. The second kappa shape index (κ2) is 9.99. The molecule has 0 amide bonds. The molecule has 6 nitrogen and oxygen atoms in total. The number of rotatable bonds is 5. The first-order valence-electron chi connectivity index (χ1n) is 15.8. The highest BCUT2D eigenvalue weighted by Crippen LogP contribution is 2.41. The molecule has 6 heterocycles. The Morgan fingerprint density at radius 3 is 1.55 bits per heavy atom. The summed E-state index contributed by atoms with van der Waals surface area (Å²) in [5, 5.41) is 4.68. The van der Waals surface area contributed by atoms with Crippen molar-refractivity contribution in [3.63, 3.8) is 0 Å². The minimum Gasteiger partial charge on any atom is -0.361 e. The van der Waals surface area contributed by atoms with E-state index >= 15 is 0 Å². The number of H-pyrrole nitrogens is 5. The molecule has 0 unspecified atom stereocenters. The summed E-state index contributed by atoms with van der Waals surface area (Å²) in [7, 11) is 0. The van der Waals surface area contributed by atoms with Crippen LogP contribution in [0.4, 0.5) is 0 Å². The lowest BCUT2D eigenvalue weighted by molar-refractivity contribution is 1.35. The van der Waals surface area contributed by atoms with E-state index in [0.717, 1.165) is 83.6 Å². The van der Waals surface area contributed by atoms with Crippen molar-refractivity contribution in [2.75, 3.05) is 0 Å². The topological polar surface area (TPSA) is 91.3 Å². The van der Waals surface area contributed by atoms with Gasteiger partial charge in [-0.15, -0.1) is 0 Å². The van der Waals surface area contributed by atoms with E-state index in [4.69, 9.17) is 4.99 Å². The van der Waals surface area contributed by atoms with Crippen LogP contribution in [0.5, 0.6) is 0 Å². The highest BCUT2D eigenvalue weighted by molar-refractivity contribution is 6.24. The molecular weight excluding hydrogens is 580 g/mol. The Hall–Kier alpha value is -6.53. The average molecular weight is 609 g/mol. The van der Waals surface area contributed by atoms with E-state index in [2.05, 4.69) is 165 Å². The van der Waals surface area contributed by atoms with Gasteiger partial charge in [0.25, 0.3) is 0 Å². The third kappa shape index (κ3) is 4.02. The Labute approximate surface area is 269 Å². The van der Waals surface area contributed by atoms with Gasteiger partial charge in [0.1, 0.15) is 0 Å². The van der Waals surface area contributed by atoms with Gasteiger partial charge in [-0.25, -0.2) is 4.99 Å². The Morgan fingerprint density at radius 2 is 0.936 bits per heavy atom. The van der Waals surface area contributed by atoms with Crippen molar-refractivity contribution in [3.05, 3.63) is 157 Å². The summed E-state index contributed by atoms with van der Waals surface area (Å²) in [6.45, 7) is 0. The van der Waals surface area contributed by atoms with Gasteiger partial charge in [-0.1, -0.05) is 72.8 Å². The van der Waals surface area contributed by atoms with Gasteiger partial charge in [0.15, 0.2) is 0 Å². The standard InChI is InChI=1S/C41H28N6/c1-5-13-34-24(9-1)30(20-42-34)28-17-38(32-22-44-36-15-7-3-11-26(32)36)46-40(28)19-41-29(31-21-43-35-14-6-2-10-25(31)35)18-39(47-41)33-23-45-37-16-8-4-12-27(33)37/h1-23,42-46H/b41-19-/i17+1,18+1,28+1,29+1. The van der Waals surface area contributed by atoms with Gasteiger partial charge in [0.05, 0.1) is 11.4 Å². The second-order valence-corrected chi connectivity index (χ2v) is 12.1. The van der Waals surface area contributed by atoms with Crippen LogP contribution < -0.4 is 0 Å². The summed E-state index contributed by atoms with van der Waals surface area (Å²) >= 11 is 0. The van der Waals surface area contributed by atoms with Crippen LogP contribution in [0.1, 0.15) is 16.8 Å². The van der Waals surface area contributed by atoms with Gasteiger partial charge in [-0.2, -0.15) is 0 Å². The van der Waals surface area contributed by atoms with Crippen molar-refractivity contribution in [2.45, 2.75) is 0 Å². The molecule has 0 fully saturated rings. The van der Waals surface area contributed by atoms with Gasteiger partial charge in [-0.3, -0.25) is 0 Å². The van der Waals surface area contributed by atoms with E-state index in [-0.39, 0.29) is 0 Å². The van der Waals surface area contributed by atoms with Crippen molar-refractivity contribution in [1.82, 2.24) is 24.9 Å². The summed E-state index contributed by atoms with van der Waals surface area (Å²) in [6, 6.07) is 36.0. The molecule has 5 aromatic heterocycles. The zero-order valence-corrected chi connectivity index (χ0v) is 25.2. The third-order valence-electron chi connectivity index (χ3n) is 9.43. The molecule has 222 valence electrons. The lowest BCUT2D eigenvalue weighted by atomic mass is 10.1. The lowest BCUT2D eigenvalue weighted by Gasteiger charge is -2.05. The van der Waals surface area contributed by atoms with E-state index in [1.54, 1.807) is 0 Å². The SMILES string of the molecule is C(=C1/N=C(c2c[nH]c3ccccc23)[13CH]=[13C]1c1c[nH]c2ccccc12)/c1[nH]c(-c2c[nH]c3ccccc23)[13cH][13c]1-c1c[nH]c2ccccc12. The molecule has 47 heavy (non-hydrogen) atoms. The minimum absolute atomic E-state index is 0.906. The van der Waals surface area contributed by atoms with E-state index in [1.165, 1.54) is 16.2 Å². The number of hydrogen-bond acceptors (Lipinski definition) is 1. The predicted molar refractivity (Wildman–Crippen MR) is 194 cm³/mol. The Kier molecular flexibility index (Phi) is 5.48. The van der Waals surface area contributed by atoms with Crippen LogP contribution >= 0.6 is 0 Å². The summed E-state index contributed by atoms with van der Waals surface area (Å²) in [4.78, 5) is 23.0. The van der Waals surface area contributed by atoms with Crippen LogP contribution in [0.15, 0.2) is 145 Å². The summed E-state index contributed by atoms with van der Waals surface area (Å²) < 4.78 is 0. The molecule has 0 saturated heterocycles. The summed E-state index contributed by atoms with van der Waals surface area (Å²) in [5.74, 6) is 0. The van der Waals surface area contributed by atoms with E-state index < -0.39 is 0 Å². The van der Waals surface area contributed by atoms with E-state index in [9.17, 15) is 0 Å². The van der Waals surface area contributed by atoms with E-state index in [0.29, 0.717) is 0 Å². The zero-order chi connectivity index (χ0) is 30.9. The zero-order valence-electron chi connectivity index (χ0n) is 25.2. The molecule has 10 rings (SSSR count). The normalized spacial score (nSPS) is 14.3. The second-order valence-electron chi connectivity index (χ2n) is 12.1. The quantitative estimate of drug-likeness (QED) is 0.120. The number of hydrogen-bond donors (Lipinski definition) is 5. The van der Waals surface area contributed by atoms with Crippen LogP contribution in [-0.2, 0) is 0 Å². The van der Waals surface area contributed by atoms with Gasteiger partial charge in [-0.05, 0) is 42.5 Å². The number of aromatic amines is 5. The molecule has 0 spiro atoms. The van der Waals surface area contributed by atoms with Crippen molar-refractivity contribution >= 4 is 61.0 Å². The van der Waals surface area contributed by atoms with Crippen molar-refractivity contribution in [3.8, 4) is 22.4 Å². The van der Waals surface area contributed by atoms with Crippen LogP contribution in [0.25, 0.3) is 77.6 Å². The van der Waals surface area contributed by atoms with Crippen LogP contribution in [0.2, 0.25) is 0 Å². The number of fused-ring (bicyclic) bond motifs is 4. The fourth-order valence-corrected chi connectivity index (χ4v) is 7.15. The molecule has 0 radical (unpaired) electrons. The number of nitrogens with zero attached hydrogens (tertiary/aromatic N) is 1. The fraction of sp³-hybridized carbons (Fsp3) is 0. The number of aromatic nitrogens is 5. The van der Waals surface area contributed by atoms with Gasteiger partial charge < -0.3 is 24.9 Å². The first kappa shape index (κ1) is 25.8. The van der Waals surface area contributed by atoms with Crippen molar-refractivity contribution in [1.29, 1.82) is 0 Å². The van der Waals surface area contributed by atoms with Crippen LogP contribution in [-0.4, -0.2) is 30.6 Å². The van der Waals surface area contributed by atoms with Crippen LogP contribution in [0.3, 0.4) is 0 Å². The molecular formula is C41H28N6. The minimum atomic E-state index is 0.906. The number of allylic oxidation sites excluding steroid dienone is 2. The van der Waals surface area contributed by atoms with Gasteiger partial charge >= 0.3 is 0 Å². The largest absolute Gasteiger partial charge is 0.361 e. The first-order chi connectivity index (χ1) is 23.3. The maximum Gasteiger partial charge on any atom is 0.0738 e. The molecule has 5 N–H and O–H groups in total. The van der Waals surface area contributed by atoms with Gasteiger partial charge in [0.2, 0.25) is 0 Å². The number of aliphatic imine (C=N–C) groups is 1. The molecule has 0 aliphatic carbocycles. The summed E-state index contributed by atoms with van der Waals surface area (Å²) in [5.41, 5.74) is 15.0. The molecule has 0 saturated carbocycles. The van der Waals surface area contributed by atoms with Crippen molar-refractivity contribution < 1.29 is 0 Å². The molecule has 1 aliphatic heterocycles. The van der Waals surface area contributed by atoms with Crippen molar-refractivity contribution in [2.24, 2.45) is 4.99 Å². The first-order valence-corrected chi connectivity index (χ1v) is 15.8. The number of para-hydroxylation sites is 4. The smallest absolute Gasteiger partial charge is 0.0738 e. The predicted octanol–water partition coefficient (Wildman–Crippen LogP) is 10.2. The highest BCUT2D eigenvalue weighted by Gasteiger charge is 2.24. The number of nitrogens with one attached hydrogen (secondary N) is 5. The molecule has 6 heteroatoms. The Bertz CT molecular complexity index is 2750. The van der Waals surface area contributed by atoms with Gasteiger partial charge in [0, 0.05) is 113 Å². The maximum absolute atomic E-state index is 5.34. The van der Waals surface area contributed by atoms with Crippen LogP contribution in [0, 0.1) is 0 Å². The molecule has 4 aromatic carbocycles. The molecule has 1 aliphatic rings. The highest BCUT2D eigenvalue weighted by atomic mass is 15.0. The molecule has 0 bridgehead atoms. The third-order valence-corrected chi connectivity index (χ3v) is 9.43. The molecule has 9 aromatic rings. The fourth-order valence-electron chi connectivity index (χ4n) is 7.15.